The van der Waals surface area contributed by atoms with Crippen LogP contribution in [0.25, 0.3) is 0 Å². The first-order valence-corrected chi connectivity index (χ1v) is 9.41. The Morgan fingerprint density at radius 1 is 1.20 bits per heavy atom. The first-order valence-electron chi connectivity index (χ1n) is 9.03. The number of fused-ring (bicyclic) bond motifs is 1. The molecule has 3 aromatic rings. The van der Waals surface area contributed by atoms with Crippen LogP contribution < -0.4 is 21.4 Å². The Bertz CT molecular complexity index is 1120. The zero-order valence-corrected chi connectivity index (χ0v) is 16.7. The largest absolute Gasteiger partial charge is 0.353 e. The molecule has 0 aliphatic carbocycles. The van der Waals surface area contributed by atoms with Crippen molar-refractivity contribution < 1.29 is 14.4 Å². The zero-order chi connectivity index (χ0) is 21.1. The number of pyridine rings is 1. The average molecular weight is 428 g/mol. The molecular formula is C19H18ClN7O3. The van der Waals surface area contributed by atoms with Gasteiger partial charge in [-0.15, -0.1) is 0 Å². The summed E-state index contributed by atoms with van der Waals surface area (Å²) in [5, 5.41) is 13.7. The average Bonchev–Trinajstić information content (AvgIpc) is 3.15. The highest BCUT2D eigenvalue weighted by molar-refractivity contribution is 6.33. The van der Waals surface area contributed by atoms with Gasteiger partial charge in [0.1, 0.15) is 11.5 Å². The van der Waals surface area contributed by atoms with Gasteiger partial charge in [0.15, 0.2) is 5.82 Å². The van der Waals surface area contributed by atoms with Crippen LogP contribution in [0.3, 0.4) is 0 Å². The molecule has 3 heterocycles. The van der Waals surface area contributed by atoms with Gasteiger partial charge in [-0.1, -0.05) is 23.7 Å². The Balaban J connectivity index is 1.58. The third kappa shape index (κ3) is 4.04. The van der Waals surface area contributed by atoms with Crippen molar-refractivity contribution in [1.82, 2.24) is 25.6 Å². The summed E-state index contributed by atoms with van der Waals surface area (Å²) in [6, 6.07) is 10.3. The minimum atomic E-state index is -0.397. The van der Waals surface area contributed by atoms with E-state index in [1.165, 1.54) is 13.3 Å². The number of rotatable bonds is 6. The van der Waals surface area contributed by atoms with E-state index >= 15 is 0 Å². The number of hydroxylamine groups is 1. The van der Waals surface area contributed by atoms with Crippen molar-refractivity contribution in [2.75, 3.05) is 24.3 Å². The first kappa shape index (κ1) is 19.7. The third-order valence-corrected chi connectivity index (χ3v) is 4.67. The number of benzene rings is 1. The van der Waals surface area contributed by atoms with Crippen molar-refractivity contribution >= 4 is 46.4 Å². The third-order valence-electron chi connectivity index (χ3n) is 4.37. The summed E-state index contributed by atoms with van der Waals surface area (Å²) in [5.74, 6) is 0.393. The number of amides is 2. The van der Waals surface area contributed by atoms with Crippen molar-refractivity contribution in [2.24, 2.45) is 0 Å². The van der Waals surface area contributed by atoms with Crippen molar-refractivity contribution in [3.8, 4) is 0 Å². The van der Waals surface area contributed by atoms with Gasteiger partial charge >= 0.3 is 0 Å². The molecule has 2 aromatic heterocycles. The van der Waals surface area contributed by atoms with E-state index < -0.39 is 5.91 Å². The number of nitrogens with one attached hydrogen (secondary N) is 4. The molecule has 154 valence electrons. The monoisotopic (exact) mass is 427 g/mol. The van der Waals surface area contributed by atoms with Crippen molar-refractivity contribution in [3.63, 3.8) is 0 Å². The Morgan fingerprint density at radius 2 is 2.03 bits per heavy atom. The van der Waals surface area contributed by atoms with E-state index in [4.69, 9.17) is 16.4 Å². The highest BCUT2D eigenvalue weighted by Crippen LogP contribution is 2.29. The van der Waals surface area contributed by atoms with Crippen LogP contribution in [0.5, 0.6) is 0 Å². The van der Waals surface area contributed by atoms with Gasteiger partial charge in [0.25, 0.3) is 11.8 Å². The number of nitrogens with zero attached hydrogens (tertiary/aromatic N) is 3. The van der Waals surface area contributed by atoms with Crippen LogP contribution in [0.1, 0.15) is 20.8 Å². The predicted octanol–water partition coefficient (Wildman–Crippen LogP) is 2.45. The molecule has 30 heavy (non-hydrogen) atoms. The highest BCUT2D eigenvalue weighted by Gasteiger charge is 2.19. The normalized spacial score (nSPS) is 12.7. The highest BCUT2D eigenvalue weighted by atomic mass is 35.5. The second-order valence-electron chi connectivity index (χ2n) is 6.37. The lowest BCUT2D eigenvalue weighted by atomic mass is 10.1. The molecule has 4 N–H and O–H groups in total. The van der Waals surface area contributed by atoms with E-state index in [1.54, 1.807) is 41.1 Å². The lowest BCUT2D eigenvalue weighted by Crippen LogP contribution is -2.35. The molecule has 0 saturated carbocycles. The molecule has 1 aliphatic heterocycles. The molecule has 0 fully saturated rings. The fourth-order valence-electron chi connectivity index (χ4n) is 3.01. The lowest BCUT2D eigenvalue weighted by Gasteiger charge is -2.13. The SMILES string of the molecule is CONC(=O)c1ccccc1Nc1cc(Nc2cc3n(n2)CCNC3=O)ncc1Cl. The van der Waals surface area contributed by atoms with Crippen LogP contribution in [0.15, 0.2) is 42.6 Å². The number of anilines is 4. The lowest BCUT2D eigenvalue weighted by molar-refractivity contribution is 0.0538. The molecule has 0 bridgehead atoms. The smallest absolute Gasteiger partial charge is 0.276 e. The Labute approximate surface area is 176 Å². The molecule has 0 atom stereocenters. The first-order chi connectivity index (χ1) is 14.5. The molecule has 0 spiro atoms. The molecule has 0 radical (unpaired) electrons. The minimum Gasteiger partial charge on any atom is -0.353 e. The van der Waals surface area contributed by atoms with Gasteiger partial charge < -0.3 is 16.0 Å². The summed E-state index contributed by atoms with van der Waals surface area (Å²) >= 11 is 6.29. The number of hydrogen-bond donors (Lipinski definition) is 4. The summed E-state index contributed by atoms with van der Waals surface area (Å²) < 4.78 is 1.64. The van der Waals surface area contributed by atoms with E-state index in [2.05, 4.69) is 31.5 Å². The van der Waals surface area contributed by atoms with Gasteiger partial charge in [-0.3, -0.25) is 19.1 Å². The van der Waals surface area contributed by atoms with Crippen LogP contribution in [-0.2, 0) is 11.4 Å². The molecule has 10 nitrogen and oxygen atoms in total. The van der Waals surface area contributed by atoms with Gasteiger partial charge in [0.05, 0.1) is 41.8 Å². The van der Waals surface area contributed by atoms with Gasteiger partial charge in [-0.25, -0.2) is 10.5 Å². The number of aromatic nitrogens is 3. The maximum absolute atomic E-state index is 12.2. The number of carbonyl (C=O) groups is 2. The fourth-order valence-corrected chi connectivity index (χ4v) is 3.16. The van der Waals surface area contributed by atoms with Gasteiger partial charge in [0, 0.05) is 18.7 Å². The molecule has 2 amide bonds. The van der Waals surface area contributed by atoms with Gasteiger partial charge in [-0.05, 0) is 12.1 Å². The van der Waals surface area contributed by atoms with E-state index in [9.17, 15) is 9.59 Å². The van der Waals surface area contributed by atoms with Gasteiger partial charge in [-0.2, -0.15) is 5.10 Å². The summed E-state index contributed by atoms with van der Waals surface area (Å²) in [6.45, 7) is 1.14. The number of halogens is 1. The Hall–Kier alpha value is -3.63. The maximum Gasteiger partial charge on any atom is 0.276 e. The Kier molecular flexibility index (Phi) is 5.50. The molecule has 1 aromatic carbocycles. The number of carbonyl (C=O) groups excluding carboxylic acids is 2. The summed E-state index contributed by atoms with van der Waals surface area (Å²) in [7, 11) is 1.36. The van der Waals surface area contributed by atoms with Crippen LogP contribution >= 0.6 is 11.6 Å². The standard InChI is InChI=1S/C19H18ClN7O3/c1-30-26-18(28)11-4-2-3-5-13(11)23-14-8-16(22-10-12(14)20)24-17-9-15-19(29)21-6-7-27(15)25-17/h2-5,8-10H,6-7H2,1H3,(H,21,29)(H,26,28)(H2,22,23,24,25). The van der Waals surface area contributed by atoms with E-state index in [-0.39, 0.29) is 5.91 Å². The van der Waals surface area contributed by atoms with Crippen molar-refractivity contribution in [1.29, 1.82) is 0 Å². The van der Waals surface area contributed by atoms with Crippen molar-refractivity contribution in [3.05, 3.63) is 58.9 Å². The van der Waals surface area contributed by atoms with E-state index in [0.29, 0.717) is 52.4 Å². The maximum atomic E-state index is 12.2. The second kappa shape index (κ2) is 8.39. The fraction of sp³-hybridized carbons (Fsp3) is 0.158. The van der Waals surface area contributed by atoms with Gasteiger partial charge in [0.2, 0.25) is 0 Å². The molecule has 0 unspecified atom stereocenters. The second-order valence-corrected chi connectivity index (χ2v) is 6.78. The number of hydrogen-bond acceptors (Lipinski definition) is 7. The minimum absolute atomic E-state index is 0.167. The van der Waals surface area contributed by atoms with E-state index in [0.717, 1.165) is 0 Å². The van der Waals surface area contributed by atoms with E-state index in [1.807, 2.05) is 0 Å². The quantitative estimate of drug-likeness (QED) is 0.445. The summed E-state index contributed by atoms with van der Waals surface area (Å²) in [6.07, 6.45) is 1.48. The van der Waals surface area contributed by atoms with Crippen LogP contribution in [0, 0.1) is 0 Å². The summed E-state index contributed by atoms with van der Waals surface area (Å²) in [4.78, 5) is 33.1. The Morgan fingerprint density at radius 3 is 2.83 bits per heavy atom. The predicted molar refractivity (Wildman–Crippen MR) is 111 cm³/mol. The molecule has 0 saturated heterocycles. The van der Waals surface area contributed by atoms with Crippen LogP contribution in [0.2, 0.25) is 5.02 Å². The van der Waals surface area contributed by atoms with Crippen molar-refractivity contribution in [2.45, 2.75) is 6.54 Å². The molecular weight excluding hydrogens is 410 g/mol. The molecule has 1 aliphatic rings. The zero-order valence-electron chi connectivity index (χ0n) is 15.9. The topological polar surface area (TPSA) is 122 Å². The number of para-hydroxylation sites is 1. The summed E-state index contributed by atoms with van der Waals surface area (Å²) in [5.41, 5.74) is 4.24. The van der Waals surface area contributed by atoms with Crippen LogP contribution in [0.4, 0.5) is 23.0 Å². The molecule has 11 heteroatoms. The van der Waals surface area contributed by atoms with Crippen LogP contribution in [-0.4, -0.2) is 40.2 Å². The molecule has 4 rings (SSSR count).